The van der Waals surface area contributed by atoms with E-state index in [9.17, 15) is 14.4 Å². The third-order valence-corrected chi connectivity index (χ3v) is 2.83. The summed E-state index contributed by atoms with van der Waals surface area (Å²) in [5, 5.41) is 3.02. The van der Waals surface area contributed by atoms with Gasteiger partial charge in [0.1, 0.15) is 0 Å². The molecule has 1 rings (SSSR count). The number of ether oxygens (including phenoxy) is 1. The van der Waals surface area contributed by atoms with E-state index in [-0.39, 0.29) is 18.8 Å². The second kappa shape index (κ2) is 7.65. The van der Waals surface area contributed by atoms with Gasteiger partial charge in [-0.15, -0.1) is 0 Å². The van der Waals surface area contributed by atoms with Crippen LogP contribution >= 0.6 is 11.6 Å². The molecule has 0 heterocycles. The Balaban J connectivity index is 2.70. The van der Waals surface area contributed by atoms with Crippen LogP contribution in [0.15, 0.2) is 24.3 Å². The van der Waals surface area contributed by atoms with Gasteiger partial charge in [0.25, 0.3) is 5.91 Å². The molecule has 0 spiro atoms. The molecule has 0 aliphatic carbocycles. The van der Waals surface area contributed by atoms with E-state index in [4.69, 9.17) is 16.3 Å². The Hall–Kier alpha value is -1.88. The van der Waals surface area contributed by atoms with Gasteiger partial charge in [-0.2, -0.15) is 0 Å². The van der Waals surface area contributed by atoms with Crippen molar-refractivity contribution in [3.8, 4) is 0 Å². The summed E-state index contributed by atoms with van der Waals surface area (Å²) >= 11 is 5.73. The van der Waals surface area contributed by atoms with Gasteiger partial charge in [0.05, 0.1) is 19.1 Å². The van der Waals surface area contributed by atoms with Crippen molar-refractivity contribution in [1.29, 1.82) is 0 Å². The molecule has 1 aromatic rings. The topological polar surface area (TPSA) is 72.5 Å². The van der Waals surface area contributed by atoms with Crippen molar-refractivity contribution in [1.82, 2.24) is 5.32 Å². The second-order valence-corrected chi connectivity index (χ2v) is 4.59. The molecule has 20 heavy (non-hydrogen) atoms. The number of benzene rings is 1. The minimum absolute atomic E-state index is 0.178. The first-order valence-corrected chi connectivity index (χ1v) is 6.54. The number of rotatable bonds is 6. The van der Waals surface area contributed by atoms with Crippen LogP contribution in [0, 0.1) is 0 Å². The molecule has 0 bridgehead atoms. The fourth-order valence-electron chi connectivity index (χ4n) is 1.53. The second-order valence-electron chi connectivity index (χ2n) is 4.15. The molecule has 1 N–H and O–H groups in total. The predicted octanol–water partition coefficient (Wildman–Crippen LogP) is 1.98. The van der Waals surface area contributed by atoms with Gasteiger partial charge in [0.2, 0.25) is 0 Å². The Morgan fingerprint density at radius 3 is 2.35 bits per heavy atom. The van der Waals surface area contributed by atoms with Gasteiger partial charge in [0.15, 0.2) is 5.78 Å². The van der Waals surface area contributed by atoms with Crippen LogP contribution in [0.3, 0.4) is 0 Å². The molecule has 0 aliphatic heterocycles. The molecular weight excluding hydrogens is 282 g/mol. The standard InChI is InChI=1S/C14H16ClNO4/c1-3-20-13(18)8-12(9(2)17)16-14(19)10-4-6-11(15)7-5-10/h4-7,12H,3,8H2,1-2H3,(H,16,19). The van der Waals surface area contributed by atoms with Crippen LogP contribution < -0.4 is 5.32 Å². The minimum atomic E-state index is -0.891. The zero-order valence-electron chi connectivity index (χ0n) is 11.3. The van der Waals surface area contributed by atoms with Gasteiger partial charge in [-0.25, -0.2) is 0 Å². The molecule has 0 radical (unpaired) electrons. The molecule has 0 saturated carbocycles. The maximum Gasteiger partial charge on any atom is 0.308 e. The summed E-state index contributed by atoms with van der Waals surface area (Å²) in [5.41, 5.74) is 0.365. The number of hydrogen-bond donors (Lipinski definition) is 1. The number of ketones is 1. The summed E-state index contributed by atoms with van der Waals surface area (Å²) < 4.78 is 4.77. The summed E-state index contributed by atoms with van der Waals surface area (Å²) in [5.74, 6) is -1.27. The maximum absolute atomic E-state index is 12.0. The van der Waals surface area contributed by atoms with Crippen molar-refractivity contribution in [2.24, 2.45) is 0 Å². The maximum atomic E-state index is 12.0. The van der Waals surface area contributed by atoms with E-state index >= 15 is 0 Å². The lowest BCUT2D eigenvalue weighted by Crippen LogP contribution is -2.41. The molecule has 5 nitrogen and oxygen atoms in total. The molecule has 0 saturated heterocycles. The zero-order valence-corrected chi connectivity index (χ0v) is 12.1. The molecular formula is C14H16ClNO4. The highest BCUT2D eigenvalue weighted by molar-refractivity contribution is 6.30. The number of Topliss-reactive ketones (excluding diaryl/α,β-unsaturated/α-hetero) is 1. The van der Waals surface area contributed by atoms with Gasteiger partial charge in [-0.3, -0.25) is 14.4 Å². The van der Waals surface area contributed by atoms with Gasteiger partial charge in [-0.1, -0.05) is 11.6 Å². The van der Waals surface area contributed by atoms with Crippen LogP contribution in [0.4, 0.5) is 0 Å². The highest BCUT2D eigenvalue weighted by Crippen LogP contribution is 2.10. The fraction of sp³-hybridized carbons (Fsp3) is 0.357. The third kappa shape index (κ3) is 5.01. The van der Waals surface area contributed by atoms with E-state index in [1.807, 2.05) is 0 Å². The molecule has 0 fully saturated rings. The number of halogens is 1. The summed E-state index contributed by atoms with van der Waals surface area (Å²) in [6.45, 7) is 3.22. The van der Waals surface area contributed by atoms with Gasteiger partial charge in [0, 0.05) is 10.6 Å². The van der Waals surface area contributed by atoms with Crippen LogP contribution in [-0.4, -0.2) is 30.3 Å². The first-order chi connectivity index (χ1) is 9.43. The van der Waals surface area contributed by atoms with E-state index < -0.39 is 17.9 Å². The van der Waals surface area contributed by atoms with E-state index in [0.29, 0.717) is 10.6 Å². The summed E-state index contributed by atoms with van der Waals surface area (Å²) in [6, 6.07) is 5.34. The summed E-state index contributed by atoms with van der Waals surface area (Å²) in [4.78, 5) is 34.8. The molecule has 0 aliphatic rings. The fourth-order valence-corrected chi connectivity index (χ4v) is 1.65. The summed E-state index contributed by atoms with van der Waals surface area (Å²) in [6.07, 6.45) is -0.178. The average molecular weight is 298 g/mol. The number of carbonyl (C=O) groups is 3. The normalized spacial score (nSPS) is 11.6. The Kier molecular flexibility index (Phi) is 6.18. The first kappa shape index (κ1) is 16.2. The van der Waals surface area contributed by atoms with E-state index in [0.717, 1.165) is 0 Å². The minimum Gasteiger partial charge on any atom is -0.466 e. The largest absolute Gasteiger partial charge is 0.466 e. The lowest BCUT2D eigenvalue weighted by atomic mass is 10.1. The lowest BCUT2D eigenvalue weighted by Gasteiger charge is -2.15. The van der Waals surface area contributed by atoms with Crippen LogP contribution in [0.2, 0.25) is 5.02 Å². The molecule has 1 unspecified atom stereocenters. The van der Waals surface area contributed by atoms with Crippen molar-refractivity contribution in [2.45, 2.75) is 26.3 Å². The van der Waals surface area contributed by atoms with Crippen LogP contribution in [0.5, 0.6) is 0 Å². The quantitative estimate of drug-likeness (QED) is 0.815. The SMILES string of the molecule is CCOC(=O)CC(NC(=O)c1ccc(Cl)cc1)C(C)=O. The van der Waals surface area contributed by atoms with Gasteiger partial charge < -0.3 is 10.1 Å². The summed E-state index contributed by atoms with van der Waals surface area (Å²) in [7, 11) is 0. The Morgan fingerprint density at radius 2 is 1.85 bits per heavy atom. The Bertz CT molecular complexity index is 498. The van der Waals surface area contributed by atoms with Crippen molar-refractivity contribution in [2.75, 3.05) is 6.61 Å². The van der Waals surface area contributed by atoms with E-state index in [1.165, 1.54) is 6.92 Å². The molecule has 1 atom stereocenters. The zero-order chi connectivity index (χ0) is 15.1. The number of esters is 1. The van der Waals surface area contributed by atoms with E-state index in [1.54, 1.807) is 31.2 Å². The number of carbonyl (C=O) groups excluding carboxylic acids is 3. The smallest absolute Gasteiger partial charge is 0.308 e. The van der Waals surface area contributed by atoms with Gasteiger partial charge >= 0.3 is 5.97 Å². The van der Waals surface area contributed by atoms with Crippen LogP contribution in [0.25, 0.3) is 0 Å². The van der Waals surface area contributed by atoms with Crippen LogP contribution in [-0.2, 0) is 14.3 Å². The average Bonchev–Trinajstić information content (AvgIpc) is 2.38. The first-order valence-electron chi connectivity index (χ1n) is 6.16. The molecule has 1 aromatic carbocycles. The van der Waals surface area contributed by atoms with Gasteiger partial charge in [-0.05, 0) is 38.1 Å². The van der Waals surface area contributed by atoms with Crippen molar-refractivity contribution >= 4 is 29.3 Å². The van der Waals surface area contributed by atoms with E-state index in [2.05, 4.69) is 5.32 Å². The highest BCUT2D eigenvalue weighted by Gasteiger charge is 2.21. The highest BCUT2D eigenvalue weighted by atomic mass is 35.5. The number of amides is 1. The number of hydrogen-bond acceptors (Lipinski definition) is 4. The molecule has 1 amide bonds. The Morgan fingerprint density at radius 1 is 1.25 bits per heavy atom. The number of nitrogens with one attached hydrogen (secondary N) is 1. The molecule has 108 valence electrons. The lowest BCUT2D eigenvalue weighted by molar-refractivity contribution is -0.144. The molecule has 0 aromatic heterocycles. The van der Waals surface area contributed by atoms with Crippen molar-refractivity contribution in [3.63, 3.8) is 0 Å². The Labute approximate surface area is 122 Å². The van der Waals surface area contributed by atoms with Crippen LogP contribution in [0.1, 0.15) is 30.6 Å². The third-order valence-electron chi connectivity index (χ3n) is 2.58. The molecule has 6 heteroatoms. The predicted molar refractivity (Wildman–Crippen MR) is 74.6 cm³/mol. The van der Waals surface area contributed by atoms with Crippen molar-refractivity contribution < 1.29 is 19.1 Å². The monoisotopic (exact) mass is 297 g/mol. The van der Waals surface area contributed by atoms with Crippen molar-refractivity contribution in [3.05, 3.63) is 34.9 Å².